The molecule has 0 aromatic carbocycles. The quantitative estimate of drug-likeness (QED) is 0.669. The summed E-state index contributed by atoms with van der Waals surface area (Å²) in [4.78, 5) is 11.6. The average Bonchev–Trinajstić information content (AvgIpc) is 2.53. The van der Waals surface area contributed by atoms with Crippen molar-refractivity contribution in [2.24, 2.45) is 0 Å². The fourth-order valence-corrected chi connectivity index (χ4v) is 1.81. The SMILES string of the molecule is CC(C)n1[nH]c2c(c1=O)CCC2. The van der Waals surface area contributed by atoms with Gasteiger partial charge in [0.15, 0.2) is 0 Å². The highest BCUT2D eigenvalue weighted by atomic mass is 16.1. The minimum atomic E-state index is 0.192. The fourth-order valence-electron chi connectivity index (χ4n) is 1.81. The minimum absolute atomic E-state index is 0.192. The van der Waals surface area contributed by atoms with Crippen LogP contribution in [0.4, 0.5) is 0 Å². The largest absolute Gasteiger partial charge is 0.299 e. The first kappa shape index (κ1) is 7.65. The monoisotopic (exact) mass is 166 g/mol. The van der Waals surface area contributed by atoms with Crippen molar-refractivity contribution in [2.75, 3.05) is 0 Å². The number of nitrogens with zero attached hydrogens (tertiary/aromatic N) is 1. The van der Waals surface area contributed by atoms with Gasteiger partial charge in [-0.15, -0.1) is 0 Å². The molecule has 0 saturated heterocycles. The molecule has 0 spiro atoms. The predicted molar refractivity (Wildman–Crippen MR) is 47.5 cm³/mol. The van der Waals surface area contributed by atoms with Gasteiger partial charge < -0.3 is 0 Å². The van der Waals surface area contributed by atoms with Crippen LogP contribution in [0, 0.1) is 0 Å². The van der Waals surface area contributed by atoms with Gasteiger partial charge in [-0.25, -0.2) is 0 Å². The maximum absolute atomic E-state index is 11.6. The summed E-state index contributed by atoms with van der Waals surface area (Å²) in [5.74, 6) is 0. The Labute approximate surface area is 71.4 Å². The Morgan fingerprint density at radius 2 is 2.17 bits per heavy atom. The second-order valence-electron chi connectivity index (χ2n) is 3.69. The topological polar surface area (TPSA) is 37.8 Å². The van der Waals surface area contributed by atoms with Crippen LogP contribution in [0.3, 0.4) is 0 Å². The van der Waals surface area contributed by atoms with Gasteiger partial charge >= 0.3 is 0 Å². The van der Waals surface area contributed by atoms with Crippen LogP contribution in [0.15, 0.2) is 4.79 Å². The van der Waals surface area contributed by atoms with Gasteiger partial charge in [0.25, 0.3) is 5.56 Å². The van der Waals surface area contributed by atoms with E-state index in [1.165, 1.54) is 0 Å². The lowest BCUT2D eigenvalue weighted by atomic mass is 10.3. The van der Waals surface area contributed by atoms with Gasteiger partial charge in [-0.05, 0) is 33.1 Å². The van der Waals surface area contributed by atoms with Gasteiger partial charge in [-0.1, -0.05) is 0 Å². The van der Waals surface area contributed by atoms with Crippen LogP contribution in [0.2, 0.25) is 0 Å². The first-order valence-corrected chi connectivity index (χ1v) is 4.52. The van der Waals surface area contributed by atoms with Crippen LogP contribution in [0.1, 0.15) is 37.6 Å². The van der Waals surface area contributed by atoms with Gasteiger partial charge in [0.2, 0.25) is 0 Å². The van der Waals surface area contributed by atoms with E-state index in [0.29, 0.717) is 0 Å². The normalized spacial score (nSPS) is 15.6. The molecular formula is C9H14N2O. The zero-order valence-corrected chi connectivity index (χ0v) is 7.55. The molecule has 1 aliphatic rings. The Morgan fingerprint density at radius 3 is 2.75 bits per heavy atom. The van der Waals surface area contributed by atoms with Crippen LogP contribution < -0.4 is 5.56 Å². The van der Waals surface area contributed by atoms with Crippen LogP contribution in [-0.4, -0.2) is 9.78 Å². The third kappa shape index (κ3) is 0.924. The van der Waals surface area contributed by atoms with Crippen LogP contribution in [-0.2, 0) is 12.8 Å². The third-order valence-electron chi connectivity index (χ3n) is 2.47. The Hall–Kier alpha value is -0.990. The number of fused-ring (bicyclic) bond motifs is 1. The minimum Gasteiger partial charge on any atom is -0.299 e. The van der Waals surface area contributed by atoms with Crippen molar-refractivity contribution in [2.45, 2.75) is 39.2 Å². The van der Waals surface area contributed by atoms with E-state index in [2.05, 4.69) is 5.10 Å². The molecular weight excluding hydrogens is 152 g/mol. The summed E-state index contributed by atoms with van der Waals surface area (Å²) in [6.45, 7) is 4.04. The summed E-state index contributed by atoms with van der Waals surface area (Å²) in [5.41, 5.74) is 2.37. The summed E-state index contributed by atoms with van der Waals surface area (Å²) in [5, 5.41) is 3.17. The van der Waals surface area contributed by atoms with Crippen molar-refractivity contribution in [3.05, 3.63) is 21.6 Å². The number of aryl methyl sites for hydroxylation is 1. The highest BCUT2D eigenvalue weighted by Gasteiger charge is 2.19. The zero-order chi connectivity index (χ0) is 8.72. The molecule has 1 aromatic heterocycles. The predicted octanol–water partition coefficient (Wildman–Crippen LogP) is 1.25. The van der Waals surface area contributed by atoms with Gasteiger partial charge in [0, 0.05) is 17.3 Å². The molecule has 0 aliphatic heterocycles. The Kier molecular flexibility index (Phi) is 1.60. The van der Waals surface area contributed by atoms with E-state index in [1.54, 1.807) is 4.68 Å². The van der Waals surface area contributed by atoms with Crippen molar-refractivity contribution in [1.29, 1.82) is 0 Å². The number of aromatic nitrogens is 2. The van der Waals surface area contributed by atoms with E-state index in [-0.39, 0.29) is 11.6 Å². The summed E-state index contributed by atoms with van der Waals surface area (Å²) >= 11 is 0. The van der Waals surface area contributed by atoms with E-state index in [4.69, 9.17) is 0 Å². The molecule has 1 heterocycles. The highest BCUT2D eigenvalue weighted by Crippen LogP contribution is 2.17. The smallest absolute Gasteiger partial charge is 0.270 e. The lowest BCUT2D eigenvalue weighted by Crippen LogP contribution is -2.20. The molecule has 66 valence electrons. The highest BCUT2D eigenvalue weighted by molar-refractivity contribution is 5.22. The van der Waals surface area contributed by atoms with Crippen molar-refractivity contribution in [1.82, 2.24) is 9.78 Å². The number of nitrogens with one attached hydrogen (secondary N) is 1. The number of H-pyrrole nitrogens is 1. The van der Waals surface area contributed by atoms with Crippen LogP contribution in [0.25, 0.3) is 0 Å². The van der Waals surface area contributed by atoms with Crippen molar-refractivity contribution in [3.63, 3.8) is 0 Å². The summed E-state index contributed by atoms with van der Waals surface area (Å²) < 4.78 is 1.73. The Bertz CT molecular complexity index is 346. The molecule has 1 aliphatic carbocycles. The molecule has 0 bridgehead atoms. The van der Waals surface area contributed by atoms with E-state index in [0.717, 1.165) is 30.5 Å². The van der Waals surface area contributed by atoms with Crippen LogP contribution in [0.5, 0.6) is 0 Å². The summed E-state index contributed by atoms with van der Waals surface area (Å²) in [6.07, 6.45) is 3.14. The molecule has 0 amide bonds. The first-order valence-electron chi connectivity index (χ1n) is 4.52. The van der Waals surface area contributed by atoms with Gasteiger partial charge in [-0.2, -0.15) is 0 Å². The van der Waals surface area contributed by atoms with Gasteiger partial charge in [0.05, 0.1) is 0 Å². The molecule has 0 fully saturated rings. The molecule has 3 heteroatoms. The lowest BCUT2D eigenvalue weighted by molar-refractivity contribution is 0.508. The van der Waals surface area contributed by atoms with Crippen molar-refractivity contribution < 1.29 is 0 Å². The molecule has 0 saturated carbocycles. The Balaban J connectivity index is 2.55. The zero-order valence-electron chi connectivity index (χ0n) is 7.55. The molecule has 1 N–H and O–H groups in total. The molecule has 3 nitrogen and oxygen atoms in total. The second-order valence-corrected chi connectivity index (χ2v) is 3.69. The number of rotatable bonds is 1. The van der Waals surface area contributed by atoms with Gasteiger partial charge in [0.1, 0.15) is 0 Å². The maximum atomic E-state index is 11.6. The molecule has 0 unspecified atom stereocenters. The Morgan fingerprint density at radius 1 is 1.42 bits per heavy atom. The maximum Gasteiger partial charge on any atom is 0.270 e. The lowest BCUT2D eigenvalue weighted by Gasteiger charge is -2.04. The summed E-state index contributed by atoms with van der Waals surface area (Å²) in [7, 11) is 0. The molecule has 2 rings (SSSR count). The van der Waals surface area contributed by atoms with Gasteiger partial charge in [-0.3, -0.25) is 14.6 Å². The van der Waals surface area contributed by atoms with E-state index in [9.17, 15) is 4.79 Å². The second kappa shape index (κ2) is 2.51. The number of hydrogen-bond donors (Lipinski definition) is 1. The standard InChI is InChI=1S/C9H14N2O/c1-6(2)11-9(12)7-4-3-5-8(7)10-11/h6,10H,3-5H2,1-2H3. The molecule has 0 atom stereocenters. The van der Waals surface area contributed by atoms with E-state index >= 15 is 0 Å². The average molecular weight is 166 g/mol. The number of aromatic amines is 1. The van der Waals surface area contributed by atoms with Crippen molar-refractivity contribution >= 4 is 0 Å². The van der Waals surface area contributed by atoms with Crippen molar-refractivity contribution in [3.8, 4) is 0 Å². The fraction of sp³-hybridized carbons (Fsp3) is 0.667. The van der Waals surface area contributed by atoms with Crippen LogP contribution >= 0.6 is 0 Å². The molecule has 1 aromatic rings. The molecule has 12 heavy (non-hydrogen) atoms. The number of hydrogen-bond acceptors (Lipinski definition) is 1. The first-order chi connectivity index (χ1) is 5.70. The van der Waals surface area contributed by atoms with E-state index in [1.807, 2.05) is 13.8 Å². The molecule has 0 radical (unpaired) electrons. The summed E-state index contributed by atoms with van der Waals surface area (Å²) in [6, 6.07) is 0.253. The van der Waals surface area contributed by atoms with E-state index < -0.39 is 0 Å². The third-order valence-corrected chi connectivity index (χ3v) is 2.47.